The molecule has 1 rings (SSSR count). The Morgan fingerprint density at radius 3 is 2.22 bits per heavy atom. The Labute approximate surface area is 143 Å². The molecule has 0 spiro atoms. The molecule has 0 aromatic rings. The monoisotopic (exact) mass is 325 g/mol. The van der Waals surface area contributed by atoms with Gasteiger partial charge in [0.25, 0.3) is 0 Å². The van der Waals surface area contributed by atoms with E-state index in [2.05, 4.69) is 11.8 Å². The standard InChI is InChI=1S/C20H39NO2/c1-3-4-5-6-12-17-21(19(2)23)20(14-9-7-10-15-20)16-11-8-13-18-22/h22H,3-18H2,1-2H3. The molecule has 1 saturated carbocycles. The van der Waals surface area contributed by atoms with Crippen LogP contribution in [0.25, 0.3) is 0 Å². The van der Waals surface area contributed by atoms with Crippen molar-refractivity contribution in [1.29, 1.82) is 0 Å². The van der Waals surface area contributed by atoms with E-state index >= 15 is 0 Å². The van der Waals surface area contributed by atoms with Crippen LogP contribution in [0.15, 0.2) is 0 Å². The van der Waals surface area contributed by atoms with Gasteiger partial charge in [-0.15, -0.1) is 0 Å². The quantitative estimate of drug-likeness (QED) is 0.509. The highest BCUT2D eigenvalue weighted by atomic mass is 16.2. The molecule has 1 N–H and O–H groups in total. The van der Waals surface area contributed by atoms with Gasteiger partial charge in [0.05, 0.1) is 0 Å². The Kier molecular flexibility index (Phi) is 10.6. The van der Waals surface area contributed by atoms with Gasteiger partial charge in [0.2, 0.25) is 5.91 Å². The van der Waals surface area contributed by atoms with Gasteiger partial charge in [-0.05, 0) is 32.1 Å². The van der Waals surface area contributed by atoms with Crippen molar-refractivity contribution in [2.24, 2.45) is 0 Å². The van der Waals surface area contributed by atoms with Crippen LogP contribution in [0.5, 0.6) is 0 Å². The van der Waals surface area contributed by atoms with Gasteiger partial charge in [-0.3, -0.25) is 4.79 Å². The number of rotatable bonds is 12. The second kappa shape index (κ2) is 11.9. The van der Waals surface area contributed by atoms with E-state index < -0.39 is 0 Å². The second-order valence-corrected chi connectivity index (χ2v) is 7.40. The molecular weight excluding hydrogens is 286 g/mol. The number of unbranched alkanes of at least 4 members (excludes halogenated alkanes) is 6. The fraction of sp³-hybridized carbons (Fsp3) is 0.950. The summed E-state index contributed by atoms with van der Waals surface area (Å²) in [7, 11) is 0. The summed E-state index contributed by atoms with van der Waals surface area (Å²) in [6.45, 7) is 5.24. The molecule has 136 valence electrons. The molecule has 0 aliphatic heterocycles. The van der Waals surface area contributed by atoms with Crippen molar-refractivity contribution in [2.45, 2.75) is 109 Å². The third-order valence-electron chi connectivity index (χ3n) is 5.52. The zero-order valence-electron chi connectivity index (χ0n) is 15.6. The summed E-state index contributed by atoms with van der Waals surface area (Å²) >= 11 is 0. The van der Waals surface area contributed by atoms with E-state index in [4.69, 9.17) is 5.11 Å². The molecule has 1 amide bonds. The molecule has 23 heavy (non-hydrogen) atoms. The lowest BCUT2D eigenvalue weighted by atomic mass is 9.76. The Morgan fingerprint density at radius 2 is 1.61 bits per heavy atom. The van der Waals surface area contributed by atoms with Crippen molar-refractivity contribution in [2.75, 3.05) is 13.2 Å². The first-order chi connectivity index (χ1) is 11.2. The van der Waals surface area contributed by atoms with E-state index in [9.17, 15) is 4.79 Å². The van der Waals surface area contributed by atoms with Crippen LogP contribution in [0.3, 0.4) is 0 Å². The second-order valence-electron chi connectivity index (χ2n) is 7.40. The van der Waals surface area contributed by atoms with E-state index in [1.807, 2.05) is 0 Å². The van der Waals surface area contributed by atoms with E-state index in [0.717, 1.165) is 38.6 Å². The molecule has 1 aliphatic carbocycles. The van der Waals surface area contributed by atoms with Gasteiger partial charge in [0, 0.05) is 25.6 Å². The van der Waals surface area contributed by atoms with Crippen LogP contribution in [0.4, 0.5) is 0 Å². The van der Waals surface area contributed by atoms with Gasteiger partial charge in [0.1, 0.15) is 0 Å². The van der Waals surface area contributed by atoms with Crippen LogP contribution in [-0.2, 0) is 4.79 Å². The fourth-order valence-electron chi connectivity index (χ4n) is 4.21. The van der Waals surface area contributed by atoms with Crippen LogP contribution >= 0.6 is 0 Å². The SMILES string of the molecule is CCCCCCCN(C(C)=O)C1(CCCCCO)CCCCC1. The minimum absolute atomic E-state index is 0.115. The van der Waals surface area contributed by atoms with Gasteiger partial charge in [-0.1, -0.05) is 64.7 Å². The lowest BCUT2D eigenvalue weighted by Gasteiger charge is -2.47. The maximum atomic E-state index is 12.3. The number of nitrogens with zero attached hydrogens (tertiary/aromatic N) is 1. The predicted octanol–water partition coefficient (Wildman–Crippen LogP) is 5.06. The molecule has 0 saturated heterocycles. The van der Waals surface area contributed by atoms with Gasteiger partial charge < -0.3 is 10.0 Å². The highest BCUT2D eigenvalue weighted by Gasteiger charge is 2.38. The molecule has 0 heterocycles. The molecule has 0 aromatic heterocycles. The molecule has 0 atom stereocenters. The van der Waals surface area contributed by atoms with Crippen LogP contribution in [0.2, 0.25) is 0 Å². The molecule has 3 heteroatoms. The molecule has 1 fully saturated rings. The third-order valence-corrected chi connectivity index (χ3v) is 5.52. The fourth-order valence-corrected chi connectivity index (χ4v) is 4.21. The Hall–Kier alpha value is -0.570. The lowest BCUT2D eigenvalue weighted by molar-refractivity contribution is -0.137. The summed E-state index contributed by atoms with van der Waals surface area (Å²) in [4.78, 5) is 14.6. The first-order valence-corrected chi connectivity index (χ1v) is 10.1. The Bertz CT molecular complexity index is 311. The van der Waals surface area contributed by atoms with E-state index in [1.165, 1.54) is 57.8 Å². The number of aliphatic hydroxyl groups excluding tert-OH is 1. The van der Waals surface area contributed by atoms with Gasteiger partial charge in [0.15, 0.2) is 0 Å². The van der Waals surface area contributed by atoms with Crippen molar-refractivity contribution in [3.05, 3.63) is 0 Å². The lowest BCUT2D eigenvalue weighted by Crippen LogP contribution is -2.52. The van der Waals surface area contributed by atoms with Crippen LogP contribution in [0, 0.1) is 0 Å². The molecular formula is C20H39NO2. The molecule has 1 aliphatic rings. The Morgan fingerprint density at radius 1 is 0.957 bits per heavy atom. The van der Waals surface area contributed by atoms with E-state index in [1.54, 1.807) is 6.92 Å². The van der Waals surface area contributed by atoms with Crippen molar-refractivity contribution >= 4 is 5.91 Å². The molecule has 0 bridgehead atoms. The highest BCUT2D eigenvalue weighted by Crippen LogP contribution is 2.38. The first kappa shape index (κ1) is 20.5. The van der Waals surface area contributed by atoms with Crippen molar-refractivity contribution in [3.63, 3.8) is 0 Å². The minimum Gasteiger partial charge on any atom is -0.396 e. The zero-order valence-corrected chi connectivity index (χ0v) is 15.6. The Balaban J connectivity index is 2.60. The summed E-state index contributed by atoms with van der Waals surface area (Å²) in [5.41, 5.74) is 0.115. The maximum absolute atomic E-state index is 12.3. The first-order valence-electron chi connectivity index (χ1n) is 10.1. The number of hydrogen-bond donors (Lipinski definition) is 1. The van der Waals surface area contributed by atoms with Crippen molar-refractivity contribution in [3.8, 4) is 0 Å². The molecule has 0 aromatic carbocycles. The largest absolute Gasteiger partial charge is 0.396 e. The summed E-state index contributed by atoms with van der Waals surface area (Å²) in [5, 5.41) is 8.99. The molecule has 0 unspecified atom stereocenters. The van der Waals surface area contributed by atoms with Gasteiger partial charge >= 0.3 is 0 Å². The minimum atomic E-state index is 0.115. The average Bonchev–Trinajstić information content (AvgIpc) is 2.55. The van der Waals surface area contributed by atoms with Crippen molar-refractivity contribution < 1.29 is 9.90 Å². The van der Waals surface area contributed by atoms with E-state index in [0.29, 0.717) is 6.61 Å². The maximum Gasteiger partial charge on any atom is 0.219 e. The normalized spacial score (nSPS) is 17.2. The summed E-state index contributed by atoms with van der Waals surface area (Å²) in [6.07, 6.45) is 16.7. The number of aliphatic hydroxyl groups is 1. The highest BCUT2D eigenvalue weighted by molar-refractivity contribution is 5.74. The third kappa shape index (κ3) is 7.24. The molecule has 0 radical (unpaired) electrons. The summed E-state index contributed by atoms with van der Waals surface area (Å²) < 4.78 is 0. The van der Waals surface area contributed by atoms with Gasteiger partial charge in [-0.25, -0.2) is 0 Å². The average molecular weight is 326 g/mol. The number of hydrogen-bond acceptors (Lipinski definition) is 2. The predicted molar refractivity (Wildman–Crippen MR) is 97.5 cm³/mol. The summed E-state index contributed by atoms with van der Waals surface area (Å²) in [6, 6.07) is 0. The zero-order chi connectivity index (χ0) is 17.0. The van der Waals surface area contributed by atoms with Crippen LogP contribution < -0.4 is 0 Å². The molecule has 3 nitrogen and oxygen atoms in total. The number of carbonyl (C=O) groups is 1. The summed E-state index contributed by atoms with van der Waals surface area (Å²) in [5.74, 6) is 0.268. The number of carbonyl (C=O) groups excluding carboxylic acids is 1. The topological polar surface area (TPSA) is 40.5 Å². The van der Waals surface area contributed by atoms with Crippen LogP contribution in [0.1, 0.15) is 104 Å². The number of amides is 1. The van der Waals surface area contributed by atoms with Crippen molar-refractivity contribution in [1.82, 2.24) is 4.90 Å². The van der Waals surface area contributed by atoms with E-state index in [-0.39, 0.29) is 11.4 Å². The smallest absolute Gasteiger partial charge is 0.219 e. The van der Waals surface area contributed by atoms with Gasteiger partial charge in [-0.2, -0.15) is 0 Å². The van der Waals surface area contributed by atoms with Crippen LogP contribution in [-0.4, -0.2) is 34.6 Å².